The van der Waals surface area contributed by atoms with Crippen LogP contribution in [0.3, 0.4) is 0 Å². The SMILES string of the molecule is COc1ccc(CCN2C[C@H](O)C(C)(C)COCCC[C@H]3CN(C4COC4)CC[C@H]3CC2=O)cc1. The maximum Gasteiger partial charge on any atom is 0.222 e. The zero-order valence-electron chi connectivity index (χ0n) is 21.8. The number of aliphatic hydroxyl groups is 1. The number of fused-ring (bicyclic) bond motifs is 1. The second kappa shape index (κ2) is 12.0. The van der Waals surface area contributed by atoms with Crippen LogP contribution in [0.25, 0.3) is 0 Å². The molecular weight excluding hydrogens is 444 g/mol. The van der Waals surface area contributed by atoms with E-state index in [0.29, 0.717) is 50.6 Å². The number of benzene rings is 1. The highest BCUT2D eigenvalue weighted by molar-refractivity contribution is 5.76. The highest BCUT2D eigenvalue weighted by Gasteiger charge is 2.37. The standard InChI is InChI=1S/C28H44N2O5/c1-28(2)20-34-14-4-5-23-16-29(24-18-35-19-24)13-11-22(23)15-27(32)30(17-26(28)31)12-10-21-6-8-25(33-3)9-7-21/h6-9,22-24,26,31H,4-5,10-20H2,1-3H3/t22-,23-,26-/m0/s1. The van der Waals surface area contributed by atoms with Crippen LogP contribution in [0.5, 0.6) is 5.75 Å². The second-order valence-electron chi connectivity index (χ2n) is 11.3. The minimum Gasteiger partial charge on any atom is -0.497 e. The lowest BCUT2D eigenvalue weighted by Gasteiger charge is -2.45. The molecule has 3 heterocycles. The lowest BCUT2D eigenvalue weighted by atomic mass is 9.79. The van der Waals surface area contributed by atoms with Crippen molar-refractivity contribution in [3.05, 3.63) is 29.8 Å². The van der Waals surface area contributed by atoms with E-state index in [4.69, 9.17) is 14.2 Å². The number of β-amino-alcohol motifs (C(OH)–C–C–N with tert-alkyl or cyclic N) is 1. The van der Waals surface area contributed by atoms with Gasteiger partial charge in [0.2, 0.25) is 5.91 Å². The lowest BCUT2D eigenvalue weighted by Crippen LogP contribution is -2.54. The first-order valence-corrected chi connectivity index (χ1v) is 13.3. The molecule has 7 heteroatoms. The quantitative estimate of drug-likeness (QED) is 0.687. The molecule has 0 radical (unpaired) electrons. The fourth-order valence-corrected chi connectivity index (χ4v) is 5.53. The van der Waals surface area contributed by atoms with Crippen molar-refractivity contribution in [1.82, 2.24) is 9.80 Å². The molecule has 0 aliphatic carbocycles. The number of amides is 1. The van der Waals surface area contributed by atoms with Gasteiger partial charge in [0.25, 0.3) is 0 Å². The van der Waals surface area contributed by atoms with E-state index in [2.05, 4.69) is 4.90 Å². The molecule has 35 heavy (non-hydrogen) atoms. The number of likely N-dealkylation sites (tertiary alicyclic amines) is 1. The summed E-state index contributed by atoms with van der Waals surface area (Å²) >= 11 is 0. The Morgan fingerprint density at radius 3 is 2.54 bits per heavy atom. The summed E-state index contributed by atoms with van der Waals surface area (Å²) in [6.45, 7) is 9.97. The van der Waals surface area contributed by atoms with Crippen LogP contribution >= 0.6 is 0 Å². The first-order chi connectivity index (χ1) is 16.9. The molecule has 3 atom stereocenters. The van der Waals surface area contributed by atoms with Crippen LogP contribution in [0.2, 0.25) is 0 Å². The van der Waals surface area contributed by atoms with E-state index in [0.717, 1.165) is 63.3 Å². The van der Waals surface area contributed by atoms with Crippen LogP contribution in [0, 0.1) is 17.3 Å². The Kier molecular flexibility index (Phi) is 9.08. The van der Waals surface area contributed by atoms with Crippen molar-refractivity contribution >= 4 is 5.91 Å². The normalized spacial score (nSPS) is 29.3. The Hall–Kier alpha value is -1.67. The van der Waals surface area contributed by atoms with Gasteiger partial charge >= 0.3 is 0 Å². The predicted octanol–water partition coefficient (Wildman–Crippen LogP) is 2.99. The Balaban J connectivity index is 1.46. The van der Waals surface area contributed by atoms with Crippen molar-refractivity contribution in [3.8, 4) is 5.75 Å². The van der Waals surface area contributed by atoms with Gasteiger partial charge in [-0.3, -0.25) is 9.69 Å². The van der Waals surface area contributed by atoms with Crippen LogP contribution in [0.4, 0.5) is 0 Å². The molecule has 3 aliphatic rings. The zero-order valence-corrected chi connectivity index (χ0v) is 21.8. The Labute approximate surface area is 210 Å². The monoisotopic (exact) mass is 488 g/mol. The molecular formula is C28H44N2O5. The summed E-state index contributed by atoms with van der Waals surface area (Å²) in [6.07, 6.45) is 3.81. The topological polar surface area (TPSA) is 71.5 Å². The maximum atomic E-state index is 13.7. The number of carbonyl (C=O) groups excluding carboxylic acids is 1. The molecule has 0 saturated carbocycles. The Morgan fingerprint density at radius 1 is 1.09 bits per heavy atom. The molecule has 1 amide bonds. The van der Waals surface area contributed by atoms with E-state index < -0.39 is 11.5 Å². The number of aliphatic hydroxyl groups excluding tert-OH is 1. The van der Waals surface area contributed by atoms with Gasteiger partial charge in [-0.2, -0.15) is 0 Å². The summed E-state index contributed by atoms with van der Waals surface area (Å²) in [7, 11) is 1.66. The molecule has 196 valence electrons. The van der Waals surface area contributed by atoms with E-state index in [1.165, 1.54) is 0 Å². The molecule has 1 aromatic rings. The van der Waals surface area contributed by atoms with Crippen LogP contribution < -0.4 is 4.74 Å². The molecule has 3 saturated heterocycles. The predicted molar refractivity (Wildman–Crippen MR) is 136 cm³/mol. The molecule has 0 aromatic heterocycles. The molecule has 0 unspecified atom stereocenters. The van der Waals surface area contributed by atoms with Gasteiger partial charge in [-0.1, -0.05) is 26.0 Å². The van der Waals surface area contributed by atoms with Crippen molar-refractivity contribution in [1.29, 1.82) is 0 Å². The number of carbonyl (C=O) groups is 1. The third-order valence-electron chi connectivity index (χ3n) is 8.31. The molecule has 0 bridgehead atoms. The molecule has 4 rings (SSSR count). The van der Waals surface area contributed by atoms with Gasteiger partial charge in [0, 0.05) is 38.1 Å². The van der Waals surface area contributed by atoms with E-state index >= 15 is 0 Å². The molecule has 0 spiro atoms. The van der Waals surface area contributed by atoms with Gasteiger partial charge in [-0.05, 0) is 61.8 Å². The number of hydrogen-bond acceptors (Lipinski definition) is 6. The minimum atomic E-state index is -0.640. The summed E-state index contributed by atoms with van der Waals surface area (Å²) in [4.78, 5) is 18.1. The Bertz CT molecular complexity index is 810. The van der Waals surface area contributed by atoms with Gasteiger partial charge in [-0.15, -0.1) is 0 Å². The zero-order chi connectivity index (χ0) is 24.8. The number of nitrogens with zero attached hydrogens (tertiary/aromatic N) is 2. The van der Waals surface area contributed by atoms with Crippen molar-refractivity contribution in [2.45, 2.75) is 58.1 Å². The van der Waals surface area contributed by atoms with Crippen molar-refractivity contribution in [2.75, 3.05) is 59.7 Å². The first-order valence-electron chi connectivity index (χ1n) is 13.3. The summed E-state index contributed by atoms with van der Waals surface area (Å²) in [6, 6.07) is 8.56. The number of rotatable bonds is 5. The van der Waals surface area contributed by atoms with Crippen LogP contribution in [-0.2, 0) is 20.7 Å². The largest absolute Gasteiger partial charge is 0.497 e. The molecule has 7 nitrogen and oxygen atoms in total. The van der Waals surface area contributed by atoms with Crippen molar-refractivity contribution in [2.24, 2.45) is 17.3 Å². The van der Waals surface area contributed by atoms with E-state index in [1.807, 2.05) is 43.0 Å². The summed E-state index contributed by atoms with van der Waals surface area (Å²) in [5.41, 5.74) is 0.744. The summed E-state index contributed by atoms with van der Waals surface area (Å²) < 4.78 is 16.7. The molecule has 3 aliphatic heterocycles. The summed E-state index contributed by atoms with van der Waals surface area (Å²) in [5, 5.41) is 11.1. The van der Waals surface area contributed by atoms with E-state index in [-0.39, 0.29) is 5.91 Å². The van der Waals surface area contributed by atoms with E-state index in [9.17, 15) is 9.90 Å². The number of ether oxygens (including phenoxy) is 3. The van der Waals surface area contributed by atoms with Gasteiger partial charge < -0.3 is 24.2 Å². The third kappa shape index (κ3) is 6.97. The number of piperidine rings is 1. The van der Waals surface area contributed by atoms with Gasteiger partial charge in [-0.25, -0.2) is 0 Å². The van der Waals surface area contributed by atoms with Gasteiger partial charge in [0.15, 0.2) is 0 Å². The summed E-state index contributed by atoms with van der Waals surface area (Å²) in [5.74, 6) is 1.88. The van der Waals surface area contributed by atoms with Crippen LogP contribution in [-0.4, -0.2) is 92.7 Å². The Morgan fingerprint density at radius 2 is 1.86 bits per heavy atom. The fourth-order valence-electron chi connectivity index (χ4n) is 5.53. The first kappa shape index (κ1) is 26.4. The molecule has 3 fully saturated rings. The molecule has 1 aromatic carbocycles. The maximum absolute atomic E-state index is 13.7. The smallest absolute Gasteiger partial charge is 0.222 e. The molecule has 1 N–H and O–H groups in total. The van der Waals surface area contributed by atoms with Crippen LogP contribution in [0.15, 0.2) is 24.3 Å². The average Bonchev–Trinajstić information content (AvgIpc) is 2.81. The van der Waals surface area contributed by atoms with Gasteiger partial charge in [0.1, 0.15) is 5.75 Å². The van der Waals surface area contributed by atoms with Crippen LogP contribution in [0.1, 0.15) is 45.1 Å². The minimum absolute atomic E-state index is 0.170. The highest BCUT2D eigenvalue weighted by Crippen LogP contribution is 2.33. The second-order valence-corrected chi connectivity index (χ2v) is 11.3. The van der Waals surface area contributed by atoms with Crippen molar-refractivity contribution < 1.29 is 24.1 Å². The van der Waals surface area contributed by atoms with E-state index in [1.54, 1.807) is 7.11 Å². The lowest BCUT2D eigenvalue weighted by molar-refractivity contribution is -0.137. The third-order valence-corrected chi connectivity index (χ3v) is 8.31. The van der Waals surface area contributed by atoms with Gasteiger partial charge in [0.05, 0.1) is 39.1 Å². The average molecular weight is 489 g/mol. The van der Waals surface area contributed by atoms with Crippen molar-refractivity contribution in [3.63, 3.8) is 0 Å². The highest BCUT2D eigenvalue weighted by atomic mass is 16.5. The fraction of sp³-hybridized carbons (Fsp3) is 0.750. The number of hydrogen-bond donors (Lipinski definition) is 1. The number of methoxy groups -OCH3 is 1.